The SMILES string of the molecule is Cc1noc([C@@H](C)OC(=O)[C@H]2CCCCN2S(C)(=O)=O)n1. The number of hydrogen-bond acceptors (Lipinski definition) is 7. The smallest absolute Gasteiger partial charge is 0.325 e. The zero-order valence-corrected chi connectivity index (χ0v) is 13.1. The Kier molecular flexibility index (Phi) is 4.62. The molecule has 1 aliphatic rings. The minimum Gasteiger partial charge on any atom is -0.451 e. The Morgan fingerprint density at radius 1 is 1.48 bits per heavy atom. The van der Waals surface area contributed by atoms with Gasteiger partial charge in [0.2, 0.25) is 10.0 Å². The van der Waals surface area contributed by atoms with Crippen molar-refractivity contribution in [2.75, 3.05) is 12.8 Å². The molecule has 0 aliphatic carbocycles. The van der Waals surface area contributed by atoms with Crippen molar-refractivity contribution in [2.24, 2.45) is 0 Å². The number of ether oxygens (including phenoxy) is 1. The number of piperidine rings is 1. The molecule has 1 fully saturated rings. The number of rotatable bonds is 4. The first-order valence-corrected chi connectivity index (χ1v) is 8.61. The molecular formula is C12H19N3O5S. The quantitative estimate of drug-likeness (QED) is 0.756. The lowest BCUT2D eigenvalue weighted by atomic mass is 10.1. The molecule has 0 bridgehead atoms. The number of carbonyl (C=O) groups excluding carboxylic acids is 1. The number of sulfonamides is 1. The molecule has 1 aliphatic heterocycles. The van der Waals surface area contributed by atoms with Crippen LogP contribution in [0, 0.1) is 6.92 Å². The lowest BCUT2D eigenvalue weighted by Crippen LogP contribution is -2.48. The van der Waals surface area contributed by atoms with E-state index < -0.39 is 28.1 Å². The van der Waals surface area contributed by atoms with Gasteiger partial charge in [-0.2, -0.15) is 9.29 Å². The second kappa shape index (κ2) is 6.10. The summed E-state index contributed by atoms with van der Waals surface area (Å²) in [7, 11) is -3.44. The topological polar surface area (TPSA) is 103 Å². The van der Waals surface area contributed by atoms with Crippen LogP contribution in [0.25, 0.3) is 0 Å². The van der Waals surface area contributed by atoms with E-state index in [1.807, 2.05) is 0 Å². The van der Waals surface area contributed by atoms with Gasteiger partial charge in [0.1, 0.15) is 6.04 Å². The van der Waals surface area contributed by atoms with Crippen LogP contribution < -0.4 is 0 Å². The molecule has 0 amide bonds. The summed E-state index contributed by atoms with van der Waals surface area (Å²) in [6, 6.07) is -0.778. The molecule has 0 aromatic carbocycles. The van der Waals surface area contributed by atoms with E-state index in [9.17, 15) is 13.2 Å². The van der Waals surface area contributed by atoms with Gasteiger partial charge in [0.05, 0.1) is 6.26 Å². The molecule has 9 heteroatoms. The van der Waals surface area contributed by atoms with Crippen molar-refractivity contribution in [3.8, 4) is 0 Å². The fraction of sp³-hybridized carbons (Fsp3) is 0.750. The van der Waals surface area contributed by atoms with Crippen LogP contribution in [0.15, 0.2) is 4.52 Å². The minimum absolute atomic E-state index is 0.197. The summed E-state index contributed by atoms with van der Waals surface area (Å²) in [5.41, 5.74) is 0. The van der Waals surface area contributed by atoms with Gasteiger partial charge in [-0.25, -0.2) is 8.42 Å². The highest BCUT2D eigenvalue weighted by Gasteiger charge is 2.36. The van der Waals surface area contributed by atoms with Crippen molar-refractivity contribution in [3.63, 3.8) is 0 Å². The van der Waals surface area contributed by atoms with Crippen molar-refractivity contribution < 1.29 is 22.5 Å². The molecule has 8 nitrogen and oxygen atoms in total. The third kappa shape index (κ3) is 3.79. The van der Waals surface area contributed by atoms with Crippen LogP contribution in [0.2, 0.25) is 0 Å². The molecule has 118 valence electrons. The number of esters is 1. The van der Waals surface area contributed by atoms with Crippen LogP contribution >= 0.6 is 0 Å². The molecule has 0 spiro atoms. The van der Waals surface area contributed by atoms with Gasteiger partial charge >= 0.3 is 5.97 Å². The number of hydrogen-bond donors (Lipinski definition) is 0. The van der Waals surface area contributed by atoms with E-state index in [0.717, 1.165) is 19.1 Å². The minimum atomic E-state index is -3.44. The standard InChI is InChI=1S/C12H19N3O5S/c1-8(11-13-9(2)14-20-11)19-12(16)10-6-4-5-7-15(10)21(3,17)18/h8,10H,4-7H2,1-3H3/t8-,10-/m1/s1. The van der Waals surface area contributed by atoms with Gasteiger partial charge in [-0.1, -0.05) is 5.16 Å². The van der Waals surface area contributed by atoms with Gasteiger partial charge < -0.3 is 9.26 Å². The molecule has 1 aromatic heterocycles. The predicted octanol–water partition coefficient (Wildman–Crippen LogP) is 0.796. The van der Waals surface area contributed by atoms with Crippen molar-refractivity contribution in [2.45, 2.75) is 45.3 Å². The maximum absolute atomic E-state index is 12.2. The van der Waals surface area contributed by atoms with Crippen molar-refractivity contribution in [1.29, 1.82) is 0 Å². The molecule has 0 radical (unpaired) electrons. The van der Waals surface area contributed by atoms with E-state index in [1.54, 1.807) is 13.8 Å². The zero-order valence-electron chi connectivity index (χ0n) is 12.3. The Morgan fingerprint density at radius 3 is 2.76 bits per heavy atom. The highest BCUT2D eigenvalue weighted by atomic mass is 32.2. The van der Waals surface area contributed by atoms with Crippen molar-refractivity contribution >= 4 is 16.0 Å². The molecule has 1 saturated heterocycles. The molecule has 21 heavy (non-hydrogen) atoms. The lowest BCUT2D eigenvalue weighted by molar-refractivity contribution is -0.155. The Labute approximate surface area is 123 Å². The van der Waals surface area contributed by atoms with E-state index in [4.69, 9.17) is 9.26 Å². The summed E-state index contributed by atoms with van der Waals surface area (Å²) in [5.74, 6) is 0.0642. The van der Waals surface area contributed by atoms with E-state index in [-0.39, 0.29) is 5.89 Å². The molecular weight excluding hydrogens is 298 g/mol. The monoisotopic (exact) mass is 317 g/mol. The average molecular weight is 317 g/mol. The molecule has 0 saturated carbocycles. The Bertz CT molecular complexity index is 612. The summed E-state index contributed by atoms with van der Waals surface area (Å²) in [5, 5.41) is 3.63. The van der Waals surface area contributed by atoms with Crippen LogP contribution in [-0.4, -0.2) is 47.7 Å². The van der Waals surface area contributed by atoms with Crippen LogP contribution in [0.1, 0.15) is 44.0 Å². The Balaban J connectivity index is 2.07. The fourth-order valence-electron chi connectivity index (χ4n) is 2.32. The largest absolute Gasteiger partial charge is 0.451 e. The van der Waals surface area contributed by atoms with E-state index >= 15 is 0 Å². The summed E-state index contributed by atoms with van der Waals surface area (Å²) in [6.45, 7) is 3.61. The van der Waals surface area contributed by atoms with Crippen LogP contribution in [0.5, 0.6) is 0 Å². The molecule has 2 atom stereocenters. The van der Waals surface area contributed by atoms with Gasteiger partial charge in [-0.05, 0) is 33.1 Å². The van der Waals surface area contributed by atoms with Crippen LogP contribution in [0.3, 0.4) is 0 Å². The maximum atomic E-state index is 12.2. The predicted molar refractivity (Wildman–Crippen MR) is 72.7 cm³/mol. The van der Waals surface area contributed by atoms with Crippen molar-refractivity contribution in [3.05, 3.63) is 11.7 Å². The second-order valence-corrected chi connectivity index (χ2v) is 7.08. The second-order valence-electron chi connectivity index (χ2n) is 5.14. The highest BCUT2D eigenvalue weighted by Crippen LogP contribution is 2.23. The van der Waals surface area contributed by atoms with Gasteiger partial charge in [-0.3, -0.25) is 4.79 Å². The Hall–Kier alpha value is -1.48. The number of aromatic nitrogens is 2. The molecule has 1 aromatic rings. The first-order chi connectivity index (χ1) is 9.79. The van der Waals surface area contributed by atoms with E-state index in [1.165, 1.54) is 4.31 Å². The van der Waals surface area contributed by atoms with E-state index in [2.05, 4.69) is 10.1 Å². The summed E-state index contributed by atoms with van der Waals surface area (Å²) in [4.78, 5) is 16.2. The first kappa shape index (κ1) is 15.9. The normalized spacial score (nSPS) is 22.0. The van der Waals surface area contributed by atoms with Gasteiger partial charge in [-0.15, -0.1) is 0 Å². The van der Waals surface area contributed by atoms with E-state index in [0.29, 0.717) is 18.8 Å². The fourth-order valence-corrected chi connectivity index (χ4v) is 3.43. The highest BCUT2D eigenvalue weighted by molar-refractivity contribution is 7.88. The van der Waals surface area contributed by atoms with Crippen molar-refractivity contribution in [1.82, 2.24) is 14.4 Å². The maximum Gasteiger partial charge on any atom is 0.325 e. The van der Waals surface area contributed by atoms with Crippen LogP contribution in [-0.2, 0) is 19.6 Å². The summed E-state index contributed by atoms with van der Waals surface area (Å²) >= 11 is 0. The number of aryl methyl sites for hydroxylation is 1. The summed E-state index contributed by atoms with van der Waals surface area (Å²) in [6.07, 6.45) is 2.39. The van der Waals surface area contributed by atoms with Gasteiger partial charge in [0, 0.05) is 6.54 Å². The third-order valence-corrected chi connectivity index (χ3v) is 4.62. The van der Waals surface area contributed by atoms with Gasteiger partial charge in [0.15, 0.2) is 11.9 Å². The summed E-state index contributed by atoms with van der Waals surface area (Å²) < 4.78 is 34.9. The van der Waals surface area contributed by atoms with Gasteiger partial charge in [0.25, 0.3) is 5.89 Å². The Morgan fingerprint density at radius 2 is 2.19 bits per heavy atom. The average Bonchev–Trinajstić information content (AvgIpc) is 2.84. The lowest BCUT2D eigenvalue weighted by Gasteiger charge is -2.32. The molecule has 0 N–H and O–H groups in total. The molecule has 2 rings (SSSR count). The molecule has 0 unspecified atom stereocenters. The third-order valence-electron chi connectivity index (χ3n) is 3.34. The number of nitrogens with zero attached hydrogens (tertiary/aromatic N) is 3. The molecule has 2 heterocycles. The van der Waals surface area contributed by atoms with Crippen LogP contribution in [0.4, 0.5) is 0 Å². The first-order valence-electron chi connectivity index (χ1n) is 6.76. The number of carbonyl (C=O) groups is 1. The zero-order chi connectivity index (χ0) is 15.6.